The first-order chi connectivity index (χ1) is 16.7. The molecular weight excluding hydrogens is 501 g/mol. The Labute approximate surface area is 226 Å². The van der Waals surface area contributed by atoms with Gasteiger partial charge in [-0.05, 0) is 70.8 Å². The molecule has 0 bridgehead atoms. The van der Waals surface area contributed by atoms with Crippen LogP contribution >= 0.6 is 0 Å². The molecule has 0 unspecified atom stereocenters. The van der Waals surface area contributed by atoms with Crippen molar-refractivity contribution in [3.05, 3.63) is 0 Å². The molecule has 0 N–H and O–H groups in total. The summed E-state index contributed by atoms with van der Waals surface area (Å²) >= 11 is 0. The van der Waals surface area contributed by atoms with Gasteiger partial charge >= 0.3 is 0 Å². The van der Waals surface area contributed by atoms with E-state index in [2.05, 4.69) is 39.3 Å². The van der Waals surface area contributed by atoms with Crippen molar-refractivity contribution in [2.45, 2.75) is 161 Å². The molecule has 0 amide bonds. The number of rotatable bonds is 27. The van der Waals surface area contributed by atoms with Gasteiger partial charge in [-0.15, -0.1) is 0 Å². The quantitative estimate of drug-likeness (QED) is 0.0432. The fraction of sp³-hybridized carbons (Fsp3) is 1.00. The monoisotopic (exact) mass is 564 g/mol. The molecule has 8 heteroatoms. The lowest BCUT2D eigenvalue weighted by atomic mass is 10.1. The van der Waals surface area contributed by atoms with E-state index in [1.54, 1.807) is 0 Å². The van der Waals surface area contributed by atoms with Gasteiger partial charge in [0.2, 0.25) is 0 Å². The second-order valence-corrected chi connectivity index (χ2v) is 25.3. The second kappa shape index (κ2) is 23.8. The summed E-state index contributed by atoms with van der Waals surface area (Å²) in [6, 6.07) is 4.08. The first-order valence-corrected chi connectivity index (χ1v) is 25.8. The molecule has 35 heavy (non-hydrogen) atoms. The molecule has 0 rings (SSSR count). The van der Waals surface area contributed by atoms with Crippen molar-refractivity contribution in [2.75, 3.05) is 13.2 Å². The van der Waals surface area contributed by atoms with Crippen LogP contribution in [0.1, 0.15) is 103 Å². The molecule has 0 aliphatic heterocycles. The highest BCUT2D eigenvalue weighted by Crippen LogP contribution is 2.26. The van der Waals surface area contributed by atoms with Crippen molar-refractivity contribution in [2.24, 2.45) is 0 Å². The predicted molar refractivity (Wildman–Crippen MR) is 166 cm³/mol. The minimum atomic E-state index is -1.51. The maximum absolute atomic E-state index is 6.88. The molecule has 0 atom stereocenters. The SMILES string of the molecule is CCOOCCCCCCCCCCC[Si](C)(C)O[Si](C)(C)CCCCCCCC[SiH2]O[SiH](C)C. The van der Waals surface area contributed by atoms with E-state index < -0.39 is 25.7 Å². The lowest BCUT2D eigenvalue weighted by Gasteiger charge is -2.34. The van der Waals surface area contributed by atoms with Gasteiger partial charge in [-0.2, -0.15) is 0 Å². The van der Waals surface area contributed by atoms with Gasteiger partial charge in [0.25, 0.3) is 0 Å². The van der Waals surface area contributed by atoms with E-state index in [0.717, 1.165) is 13.0 Å². The zero-order valence-electron chi connectivity index (χ0n) is 25.1. The number of unbranched alkanes of at least 4 members (excludes halogenated alkanes) is 13. The zero-order valence-corrected chi connectivity index (χ0v) is 29.6. The van der Waals surface area contributed by atoms with Crippen molar-refractivity contribution in [3.8, 4) is 0 Å². The van der Waals surface area contributed by atoms with Crippen LogP contribution in [0, 0.1) is 0 Å². The molecule has 0 aromatic heterocycles. The van der Waals surface area contributed by atoms with Gasteiger partial charge in [-0.25, -0.2) is 9.78 Å². The lowest BCUT2D eigenvalue weighted by Crippen LogP contribution is -2.44. The molecule has 0 radical (unpaired) electrons. The van der Waals surface area contributed by atoms with Crippen LogP contribution in [0.3, 0.4) is 0 Å². The van der Waals surface area contributed by atoms with Gasteiger partial charge in [0, 0.05) is 0 Å². The van der Waals surface area contributed by atoms with E-state index in [1.165, 1.54) is 108 Å². The van der Waals surface area contributed by atoms with E-state index >= 15 is 0 Å². The zero-order chi connectivity index (χ0) is 26.3. The molecular formula is C27H64O4Si4. The maximum Gasteiger partial charge on any atom is 0.173 e. The third-order valence-electron chi connectivity index (χ3n) is 6.63. The van der Waals surface area contributed by atoms with Gasteiger partial charge < -0.3 is 8.23 Å². The van der Waals surface area contributed by atoms with Crippen LogP contribution in [0.5, 0.6) is 0 Å². The van der Waals surface area contributed by atoms with Crippen LogP contribution in [0.15, 0.2) is 0 Å². The van der Waals surface area contributed by atoms with Crippen molar-refractivity contribution >= 4 is 35.4 Å². The minimum absolute atomic E-state index is 0.186. The molecule has 0 saturated carbocycles. The van der Waals surface area contributed by atoms with Gasteiger partial charge in [0.1, 0.15) is 9.76 Å². The van der Waals surface area contributed by atoms with Crippen LogP contribution in [0.2, 0.25) is 57.4 Å². The van der Waals surface area contributed by atoms with Gasteiger partial charge in [0.05, 0.1) is 13.2 Å². The highest BCUT2D eigenvalue weighted by molar-refractivity contribution is 6.84. The van der Waals surface area contributed by atoms with Gasteiger partial charge in [-0.3, -0.25) is 0 Å². The van der Waals surface area contributed by atoms with E-state index in [9.17, 15) is 0 Å². The Balaban J connectivity index is 3.61. The molecule has 0 heterocycles. The first kappa shape index (κ1) is 35.7. The Hall–Kier alpha value is 0.708. The van der Waals surface area contributed by atoms with E-state index in [0.29, 0.717) is 6.61 Å². The third kappa shape index (κ3) is 27.6. The second-order valence-electron chi connectivity index (χ2n) is 11.9. The fourth-order valence-electron chi connectivity index (χ4n) is 4.80. The largest absolute Gasteiger partial charge is 0.463 e. The van der Waals surface area contributed by atoms with Crippen LogP contribution in [0.25, 0.3) is 0 Å². The van der Waals surface area contributed by atoms with Crippen molar-refractivity contribution in [3.63, 3.8) is 0 Å². The maximum atomic E-state index is 6.88. The van der Waals surface area contributed by atoms with E-state index in [-0.39, 0.29) is 9.76 Å². The normalized spacial score (nSPS) is 13.0. The van der Waals surface area contributed by atoms with Crippen molar-refractivity contribution in [1.29, 1.82) is 0 Å². The Kier molecular flexibility index (Phi) is 24.3. The molecule has 0 aromatic carbocycles. The van der Waals surface area contributed by atoms with Gasteiger partial charge in [-0.1, -0.05) is 89.9 Å². The summed E-state index contributed by atoms with van der Waals surface area (Å²) in [5.74, 6) is 0. The smallest absolute Gasteiger partial charge is 0.173 e. The molecule has 0 spiro atoms. The summed E-state index contributed by atoms with van der Waals surface area (Å²) in [7, 11) is -3.94. The predicted octanol–water partition coefficient (Wildman–Crippen LogP) is 8.73. The molecule has 4 nitrogen and oxygen atoms in total. The summed E-state index contributed by atoms with van der Waals surface area (Å²) in [5, 5.41) is 0. The highest BCUT2D eigenvalue weighted by atomic mass is 28.4. The van der Waals surface area contributed by atoms with Crippen LogP contribution in [-0.2, 0) is 18.0 Å². The minimum Gasteiger partial charge on any atom is -0.463 e. The summed E-state index contributed by atoms with van der Waals surface area (Å²) in [6.45, 7) is 17.8. The highest BCUT2D eigenvalue weighted by Gasteiger charge is 2.32. The standard InChI is InChI=1S/C27H64O4Si4/c1-8-28-29-24-20-16-12-10-9-11-14-18-22-26-34(4,5)31-35(6,7)27-23-19-15-13-17-21-25-32-30-33(2)3/h33H,8-27,32H2,1-7H3. The Morgan fingerprint density at radius 2 is 1.00 bits per heavy atom. The lowest BCUT2D eigenvalue weighted by molar-refractivity contribution is -0.291. The summed E-state index contributed by atoms with van der Waals surface area (Å²) < 4.78 is 12.8. The summed E-state index contributed by atoms with van der Waals surface area (Å²) in [5.41, 5.74) is 0. The number of hydrogen-bond donors (Lipinski definition) is 0. The molecule has 212 valence electrons. The Bertz CT molecular complexity index is 451. The Morgan fingerprint density at radius 3 is 1.46 bits per heavy atom. The molecule has 0 aliphatic rings. The average molecular weight is 565 g/mol. The van der Waals surface area contributed by atoms with Gasteiger partial charge in [0.15, 0.2) is 25.7 Å². The van der Waals surface area contributed by atoms with Crippen molar-refractivity contribution < 1.29 is 18.0 Å². The number of hydrogen-bond acceptors (Lipinski definition) is 4. The molecule has 0 aromatic rings. The average Bonchev–Trinajstić information content (AvgIpc) is 2.77. The third-order valence-corrected chi connectivity index (χ3v) is 18.6. The van der Waals surface area contributed by atoms with Crippen molar-refractivity contribution in [1.82, 2.24) is 0 Å². The fourth-order valence-corrected chi connectivity index (χ4v) is 16.9. The van der Waals surface area contributed by atoms with E-state index in [1.807, 2.05) is 6.92 Å². The van der Waals surface area contributed by atoms with Crippen LogP contribution in [0.4, 0.5) is 0 Å². The topological polar surface area (TPSA) is 36.9 Å². The first-order valence-electron chi connectivity index (χ1n) is 15.2. The summed E-state index contributed by atoms with van der Waals surface area (Å²) in [4.78, 5) is 9.97. The Morgan fingerprint density at radius 1 is 0.571 bits per heavy atom. The molecule has 0 saturated heterocycles. The molecule has 0 aliphatic carbocycles. The van der Waals surface area contributed by atoms with Crippen LogP contribution in [-0.4, -0.2) is 48.7 Å². The molecule has 0 fully saturated rings. The summed E-state index contributed by atoms with van der Waals surface area (Å²) in [6.07, 6.45) is 20.4. The van der Waals surface area contributed by atoms with Crippen LogP contribution < -0.4 is 0 Å². The van der Waals surface area contributed by atoms with E-state index in [4.69, 9.17) is 18.0 Å².